The number of ketones is 1. The second kappa shape index (κ2) is 20.8. The number of amides is 3. The Labute approximate surface area is 311 Å². The Morgan fingerprint density at radius 2 is 1.81 bits per heavy atom. The van der Waals surface area contributed by atoms with Gasteiger partial charge in [0.1, 0.15) is 35.8 Å². The Kier molecular flexibility index (Phi) is 16.9. The summed E-state index contributed by atoms with van der Waals surface area (Å²) in [5, 5.41) is 48.7. The molecule has 1 saturated heterocycles. The number of carbonyl (C=O) groups is 5. The number of allylic oxidation sites excluding steroid dienone is 2. The van der Waals surface area contributed by atoms with Crippen molar-refractivity contribution in [3.63, 3.8) is 0 Å². The lowest BCUT2D eigenvalue weighted by Gasteiger charge is -2.36. The number of fused-ring (bicyclic) bond motifs is 2. The van der Waals surface area contributed by atoms with E-state index in [2.05, 4.69) is 16.1 Å². The average molecular weight is 741 g/mol. The van der Waals surface area contributed by atoms with Crippen molar-refractivity contribution in [1.82, 2.24) is 21.1 Å². The number of hydrogen-bond donors (Lipinski definition) is 7. The van der Waals surface area contributed by atoms with Crippen LogP contribution in [0.25, 0.3) is 0 Å². The number of ether oxygens (including phenoxy) is 1. The number of hydrazine groups is 1. The van der Waals surface area contributed by atoms with Crippen molar-refractivity contribution in [1.29, 1.82) is 0 Å². The van der Waals surface area contributed by atoms with Gasteiger partial charge in [0.05, 0.1) is 24.7 Å². The van der Waals surface area contributed by atoms with Crippen molar-refractivity contribution in [2.45, 2.75) is 110 Å². The third-order valence-electron chi connectivity index (χ3n) is 9.67. The van der Waals surface area contributed by atoms with E-state index in [1.54, 1.807) is 58.1 Å². The summed E-state index contributed by atoms with van der Waals surface area (Å²) in [6.07, 6.45) is 5.51. The van der Waals surface area contributed by atoms with Gasteiger partial charge in [-0.1, -0.05) is 63.3 Å². The Hall–Kier alpha value is -4.37. The number of phenols is 1. The number of nitrogens with one attached hydrogen (secondary N) is 3. The van der Waals surface area contributed by atoms with Crippen LogP contribution in [0.15, 0.2) is 60.2 Å². The van der Waals surface area contributed by atoms with E-state index < -0.39 is 77.9 Å². The van der Waals surface area contributed by atoms with Crippen molar-refractivity contribution < 1.29 is 49.1 Å². The summed E-state index contributed by atoms with van der Waals surface area (Å²) < 4.78 is 5.87. The number of Topliss-reactive ketones (excluding diaryl/α,β-unsaturated/α-hetero) is 1. The molecule has 2 aliphatic heterocycles. The number of hydrogen-bond acceptors (Lipinski definition) is 11. The molecule has 14 nitrogen and oxygen atoms in total. The maximum atomic E-state index is 14.2. The summed E-state index contributed by atoms with van der Waals surface area (Å²) >= 11 is 0. The molecule has 0 aliphatic carbocycles. The van der Waals surface area contributed by atoms with Gasteiger partial charge in [-0.15, -0.1) is 0 Å². The number of nitrogens with zero attached hydrogens (tertiary/aromatic N) is 1. The normalized spacial score (nSPS) is 30.0. The van der Waals surface area contributed by atoms with Gasteiger partial charge in [0, 0.05) is 31.7 Å². The lowest BCUT2D eigenvalue weighted by Crippen LogP contribution is -2.62. The highest BCUT2D eigenvalue weighted by Crippen LogP contribution is 2.24. The molecule has 2 aliphatic rings. The SMILES string of the molecule is CC(=O)CC[C@H]1C(=O)N[C@@H](C(C)C)C(=O)N[C@@H](Cc2cccc(O)c2)C(=O)N2CCC[C@H](N2)C(=O)OC(/C(C)=C/CO)C/C=C/C=C/C(O)[C@H](C)[C@H]1O. The summed E-state index contributed by atoms with van der Waals surface area (Å²) in [4.78, 5) is 67.4. The minimum atomic E-state index is -1.40. The van der Waals surface area contributed by atoms with Crippen molar-refractivity contribution in [3.8, 4) is 5.75 Å². The maximum Gasteiger partial charge on any atom is 0.325 e. The molecule has 3 rings (SSSR count). The smallest absolute Gasteiger partial charge is 0.325 e. The van der Waals surface area contributed by atoms with Gasteiger partial charge in [0.15, 0.2) is 0 Å². The van der Waals surface area contributed by atoms with E-state index in [4.69, 9.17) is 4.74 Å². The molecule has 1 aromatic carbocycles. The summed E-state index contributed by atoms with van der Waals surface area (Å²) in [7, 11) is 0. The van der Waals surface area contributed by atoms with Crippen LogP contribution in [0.3, 0.4) is 0 Å². The van der Waals surface area contributed by atoms with E-state index in [0.29, 0.717) is 24.0 Å². The molecule has 1 fully saturated rings. The van der Waals surface area contributed by atoms with E-state index in [1.807, 2.05) is 0 Å². The van der Waals surface area contributed by atoms with Crippen LogP contribution in [0.2, 0.25) is 0 Å². The number of rotatable bonds is 8. The van der Waals surface area contributed by atoms with Crippen LogP contribution in [-0.2, 0) is 35.1 Å². The van der Waals surface area contributed by atoms with Gasteiger partial charge in [-0.3, -0.25) is 24.2 Å². The molecule has 0 radical (unpaired) electrons. The van der Waals surface area contributed by atoms with Crippen molar-refractivity contribution in [2.75, 3.05) is 13.2 Å². The number of benzene rings is 1. The summed E-state index contributed by atoms with van der Waals surface area (Å²) in [6, 6.07) is 2.98. The first-order valence-electron chi connectivity index (χ1n) is 18.3. The van der Waals surface area contributed by atoms with Crippen molar-refractivity contribution >= 4 is 29.5 Å². The van der Waals surface area contributed by atoms with E-state index in [0.717, 1.165) is 0 Å². The number of aromatic hydroxyl groups is 1. The molecule has 0 spiro atoms. The average Bonchev–Trinajstić information content (AvgIpc) is 3.11. The highest BCUT2D eigenvalue weighted by atomic mass is 16.5. The second-order valence-corrected chi connectivity index (χ2v) is 14.3. The minimum absolute atomic E-state index is 0.0186. The van der Waals surface area contributed by atoms with E-state index in [9.17, 15) is 44.4 Å². The molecule has 2 unspecified atom stereocenters. The summed E-state index contributed by atoms with van der Waals surface area (Å²) in [5.41, 5.74) is 4.11. The topological polar surface area (TPSA) is 215 Å². The van der Waals surface area contributed by atoms with E-state index >= 15 is 0 Å². The van der Waals surface area contributed by atoms with Crippen molar-refractivity contribution in [2.24, 2.45) is 17.8 Å². The molecule has 0 saturated carbocycles. The monoisotopic (exact) mass is 740 g/mol. The summed E-state index contributed by atoms with van der Waals surface area (Å²) in [5.74, 6) is -5.28. The Balaban J connectivity index is 2.06. The molecule has 1 aromatic rings. The second-order valence-electron chi connectivity index (χ2n) is 14.3. The largest absolute Gasteiger partial charge is 0.508 e. The molecule has 7 N–H and O–H groups in total. The molecule has 2 heterocycles. The number of carbonyl (C=O) groups excluding carboxylic acids is 5. The van der Waals surface area contributed by atoms with E-state index in [1.165, 1.54) is 36.2 Å². The lowest BCUT2D eigenvalue weighted by molar-refractivity contribution is -0.156. The predicted octanol–water partition coefficient (Wildman–Crippen LogP) is 1.77. The molecular weight excluding hydrogens is 684 g/mol. The highest BCUT2D eigenvalue weighted by molar-refractivity contribution is 5.93. The van der Waals surface area contributed by atoms with Gasteiger partial charge in [0.2, 0.25) is 11.8 Å². The summed E-state index contributed by atoms with van der Waals surface area (Å²) in [6.45, 7) is 8.03. The first-order chi connectivity index (χ1) is 25.1. The Morgan fingerprint density at radius 3 is 2.47 bits per heavy atom. The first kappa shape index (κ1) is 43.0. The van der Waals surface area contributed by atoms with Crippen LogP contribution in [0.4, 0.5) is 0 Å². The molecule has 2 bridgehead atoms. The molecular formula is C39H56N4O10. The molecule has 292 valence electrons. The number of cyclic esters (lactones) is 1. The fraction of sp³-hybridized carbons (Fsp3) is 0.564. The van der Waals surface area contributed by atoms with Crippen LogP contribution < -0.4 is 16.1 Å². The highest BCUT2D eigenvalue weighted by Gasteiger charge is 2.38. The molecule has 14 heteroatoms. The van der Waals surface area contributed by atoms with Gasteiger partial charge in [-0.05, 0) is 62.3 Å². The standard InChI is InChI=1S/C39H56N4O10/c1-23(2)34-37(50)40-31(22-27-11-9-12-28(46)21-27)38(51)43-19-10-13-30(42-43)39(52)53-33(24(3)18-20-44)15-8-6-7-14-32(47)26(5)35(48)29(36(49)41-34)17-16-25(4)45/h6-9,11-12,14,18,21,23,26,29-35,42,44,46-48H,10,13,15-17,19-20,22H2,1-5H3,(H,40,50)(H,41,49)/b8-6+,14-7+,24-18+/t26-,29+,30-,31-,32?,33?,34-,35+/m0/s1. The zero-order valence-electron chi connectivity index (χ0n) is 31.2. The minimum Gasteiger partial charge on any atom is -0.508 e. The molecule has 8 atom stereocenters. The number of aliphatic hydroxyl groups is 3. The quantitative estimate of drug-likeness (QED) is 0.151. The fourth-order valence-electron chi connectivity index (χ4n) is 6.32. The van der Waals surface area contributed by atoms with Crippen LogP contribution >= 0.6 is 0 Å². The molecule has 3 amide bonds. The van der Waals surface area contributed by atoms with Gasteiger partial charge < -0.3 is 40.6 Å². The predicted molar refractivity (Wildman–Crippen MR) is 197 cm³/mol. The third kappa shape index (κ3) is 12.9. The van der Waals surface area contributed by atoms with Gasteiger partial charge in [-0.25, -0.2) is 5.43 Å². The van der Waals surface area contributed by atoms with Gasteiger partial charge in [0.25, 0.3) is 5.91 Å². The van der Waals surface area contributed by atoms with Crippen molar-refractivity contribution in [3.05, 3.63) is 65.8 Å². The zero-order chi connectivity index (χ0) is 39.2. The van der Waals surface area contributed by atoms with Crippen LogP contribution in [0.1, 0.15) is 72.3 Å². The van der Waals surface area contributed by atoms with Crippen LogP contribution in [0, 0.1) is 17.8 Å². The lowest BCUT2D eigenvalue weighted by atomic mass is 9.84. The van der Waals surface area contributed by atoms with Crippen LogP contribution in [0.5, 0.6) is 5.75 Å². The first-order valence-corrected chi connectivity index (χ1v) is 18.3. The maximum absolute atomic E-state index is 14.2. The Morgan fingerprint density at radius 1 is 1.08 bits per heavy atom. The number of aliphatic hydroxyl groups excluding tert-OH is 3. The fourth-order valence-corrected chi connectivity index (χ4v) is 6.32. The van der Waals surface area contributed by atoms with Crippen LogP contribution in [-0.4, -0.2) is 104 Å². The number of phenolic OH excluding ortho intramolecular Hbond substituents is 1. The van der Waals surface area contributed by atoms with Gasteiger partial charge in [-0.2, -0.15) is 0 Å². The van der Waals surface area contributed by atoms with E-state index in [-0.39, 0.29) is 50.4 Å². The third-order valence-corrected chi connectivity index (χ3v) is 9.67. The zero-order valence-corrected chi connectivity index (χ0v) is 31.2. The Bertz CT molecular complexity index is 1520. The molecule has 53 heavy (non-hydrogen) atoms. The molecule has 0 aromatic heterocycles. The number of esters is 1. The van der Waals surface area contributed by atoms with Gasteiger partial charge >= 0.3 is 5.97 Å².